The van der Waals surface area contributed by atoms with Crippen molar-refractivity contribution >= 4 is 22.5 Å². The predicted molar refractivity (Wildman–Crippen MR) is 125 cm³/mol. The van der Waals surface area contributed by atoms with Crippen molar-refractivity contribution in [1.29, 1.82) is 0 Å². The van der Waals surface area contributed by atoms with E-state index in [-0.39, 0.29) is 0 Å². The Balaban J connectivity index is 3.36. The molecule has 0 aromatic heterocycles. The first-order chi connectivity index (χ1) is 12.7. The molecule has 156 valence electrons. The highest BCUT2D eigenvalue weighted by Crippen LogP contribution is 2.46. The van der Waals surface area contributed by atoms with Crippen LogP contribution in [0.25, 0.3) is 0 Å². The average molecular weight is 410 g/mol. The number of benzene rings is 1. The largest absolute Gasteiger partial charge is 0.397 e. The van der Waals surface area contributed by atoms with Crippen LogP contribution in [0.1, 0.15) is 55.4 Å². The van der Waals surface area contributed by atoms with Gasteiger partial charge in [0.25, 0.3) is 0 Å². The van der Waals surface area contributed by atoms with E-state index in [9.17, 15) is 0 Å². The highest BCUT2D eigenvalue weighted by atomic mass is 28.4. The zero-order valence-electron chi connectivity index (χ0n) is 19.2. The van der Waals surface area contributed by atoms with Crippen LogP contribution in [0.5, 0.6) is 0 Å². The van der Waals surface area contributed by atoms with E-state index in [1.807, 2.05) is 0 Å². The van der Waals surface area contributed by atoms with E-state index in [0.717, 1.165) is 25.8 Å². The van der Waals surface area contributed by atoms with Crippen LogP contribution in [0, 0.1) is 0 Å². The van der Waals surface area contributed by atoms with Gasteiger partial charge >= 0.3 is 8.56 Å². The first-order valence-corrected chi connectivity index (χ1v) is 15.5. The van der Waals surface area contributed by atoms with E-state index in [4.69, 9.17) is 8.85 Å². The second kappa shape index (κ2) is 10.8. The summed E-state index contributed by atoms with van der Waals surface area (Å²) in [6, 6.07) is 12.0. The van der Waals surface area contributed by atoms with Gasteiger partial charge in [0.1, 0.15) is 0 Å². The maximum absolute atomic E-state index is 6.16. The van der Waals surface area contributed by atoms with Crippen molar-refractivity contribution in [2.24, 2.45) is 0 Å². The number of hydrogen-bond donors (Lipinski definition) is 0. The number of para-hydroxylation sites is 1. The van der Waals surface area contributed by atoms with Gasteiger partial charge in [0, 0.05) is 31.5 Å². The molecular formula is C22H43NO2Si2. The Morgan fingerprint density at radius 2 is 1.26 bits per heavy atom. The molecule has 1 rings (SSSR count). The fraction of sp³-hybridized carbons (Fsp3) is 0.727. The number of rotatable bonds is 12. The molecule has 3 nitrogen and oxygen atoms in total. The standard InChI is InChI=1S/C22H43NO2Si2/c1-10-24-26(9,25-11-2)18-17-23(22-15-13-12-14-16-22)27(19(3)4,20(5)6)21(7)8/h12-16,19-21H,10-11,17-18H2,1-9H3. The highest BCUT2D eigenvalue weighted by molar-refractivity contribution is 6.86. The summed E-state index contributed by atoms with van der Waals surface area (Å²) in [7, 11) is -3.95. The maximum Gasteiger partial charge on any atom is 0.336 e. The Bertz CT molecular complexity index is 507. The lowest BCUT2D eigenvalue weighted by Crippen LogP contribution is -2.61. The minimum Gasteiger partial charge on any atom is -0.397 e. The van der Waals surface area contributed by atoms with Gasteiger partial charge < -0.3 is 13.4 Å². The molecule has 1 aromatic carbocycles. The molecule has 0 atom stereocenters. The van der Waals surface area contributed by atoms with Gasteiger partial charge in [-0.25, -0.2) is 0 Å². The quantitative estimate of drug-likeness (QED) is 0.354. The summed E-state index contributed by atoms with van der Waals surface area (Å²) in [6.45, 7) is 23.5. The van der Waals surface area contributed by atoms with Gasteiger partial charge in [-0.15, -0.1) is 0 Å². The van der Waals surface area contributed by atoms with Crippen LogP contribution in [-0.4, -0.2) is 36.6 Å². The van der Waals surface area contributed by atoms with Crippen LogP contribution in [0.4, 0.5) is 5.69 Å². The second-order valence-electron chi connectivity index (χ2n) is 8.59. The summed E-state index contributed by atoms with van der Waals surface area (Å²) in [5, 5.41) is 0. The van der Waals surface area contributed by atoms with E-state index in [1.165, 1.54) is 5.69 Å². The van der Waals surface area contributed by atoms with E-state index in [0.29, 0.717) is 16.6 Å². The molecule has 5 heteroatoms. The van der Waals surface area contributed by atoms with Gasteiger partial charge in [-0.05, 0) is 49.2 Å². The second-order valence-corrected chi connectivity index (χ2v) is 17.7. The molecule has 0 saturated heterocycles. The van der Waals surface area contributed by atoms with Crippen LogP contribution < -0.4 is 4.57 Å². The van der Waals surface area contributed by atoms with Crippen molar-refractivity contribution in [2.75, 3.05) is 24.3 Å². The van der Waals surface area contributed by atoms with Crippen molar-refractivity contribution in [2.45, 2.75) is 84.6 Å². The van der Waals surface area contributed by atoms with Crippen molar-refractivity contribution < 1.29 is 8.85 Å². The monoisotopic (exact) mass is 409 g/mol. The summed E-state index contributed by atoms with van der Waals surface area (Å²) in [6.07, 6.45) is 0. The summed E-state index contributed by atoms with van der Waals surface area (Å²) < 4.78 is 15.1. The minimum absolute atomic E-state index is 0.671. The average Bonchev–Trinajstić information content (AvgIpc) is 2.58. The van der Waals surface area contributed by atoms with E-state index < -0.39 is 16.8 Å². The number of anilines is 1. The maximum atomic E-state index is 6.16. The zero-order chi connectivity index (χ0) is 20.7. The van der Waals surface area contributed by atoms with Crippen molar-refractivity contribution in [1.82, 2.24) is 0 Å². The molecule has 0 saturated carbocycles. The minimum atomic E-state index is -2.15. The van der Waals surface area contributed by atoms with Crippen molar-refractivity contribution in [3.63, 3.8) is 0 Å². The van der Waals surface area contributed by atoms with Gasteiger partial charge in [0.05, 0.1) is 0 Å². The Labute approximate surface area is 170 Å². The molecule has 0 spiro atoms. The van der Waals surface area contributed by atoms with Gasteiger partial charge in [-0.3, -0.25) is 0 Å². The summed E-state index contributed by atoms with van der Waals surface area (Å²) in [5.41, 5.74) is 3.38. The molecule has 0 amide bonds. The Kier molecular flexibility index (Phi) is 9.76. The molecule has 0 aliphatic rings. The third-order valence-electron chi connectivity index (χ3n) is 6.00. The molecule has 0 N–H and O–H groups in total. The molecule has 1 aromatic rings. The highest BCUT2D eigenvalue weighted by Gasteiger charge is 2.49. The first-order valence-electron chi connectivity index (χ1n) is 10.8. The van der Waals surface area contributed by atoms with Crippen molar-refractivity contribution in [3.05, 3.63) is 30.3 Å². The van der Waals surface area contributed by atoms with Crippen molar-refractivity contribution in [3.8, 4) is 0 Å². The lowest BCUT2D eigenvalue weighted by Gasteiger charge is -2.53. The van der Waals surface area contributed by atoms with E-state index >= 15 is 0 Å². The van der Waals surface area contributed by atoms with Crippen LogP contribution >= 0.6 is 0 Å². The molecule has 0 fully saturated rings. The van der Waals surface area contributed by atoms with Crippen LogP contribution in [0.3, 0.4) is 0 Å². The summed E-state index contributed by atoms with van der Waals surface area (Å²) in [4.78, 5) is 0. The first kappa shape index (κ1) is 24.4. The Morgan fingerprint density at radius 1 is 0.815 bits per heavy atom. The molecule has 0 heterocycles. The number of hydrogen-bond acceptors (Lipinski definition) is 3. The predicted octanol–water partition coefficient (Wildman–Crippen LogP) is 6.81. The molecule has 0 bridgehead atoms. The van der Waals surface area contributed by atoms with Crippen LogP contribution in [-0.2, 0) is 8.85 Å². The smallest absolute Gasteiger partial charge is 0.336 e. The van der Waals surface area contributed by atoms with Gasteiger partial charge in [-0.2, -0.15) is 0 Å². The molecule has 0 unspecified atom stereocenters. The molecular weight excluding hydrogens is 366 g/mol. The SMILES string of the molecule is CCO[Si](C)(CCN(c1ccccc1)[Si](C(C)C)(C(C)C)C(C)C)OCC. The molecule has 0 radical (unpaired) electrons. The topological polar surface area (TPSA) is 21.7 Å². The molecule has 0 aliphatic carbocycles. The van der Waals surface area contributed by atoms with Crippen LogP contribution in [0.2, 0.25) is 29.2 Å². The zero-order valence-corrected chi connectivity index (χ0v) is 21.2. The lowest BCUT2D eigenvalue weighted by molar-refractivity contribution is 0.189. The molecule has 0 aliphatic heterocycles. The van der Waals surface area contributed by atoms with Gasteiger partial charge in [0.15, 0.2) is 8.24 Å². The Morgan fingerprint density at radius 3 is 1.63 bits per heavy atom. The Hall–Kier alpha value is -0.626. The van der Waals surface area contributed by atoms with Gasteiger partial charge in [0.2, 0.25) is 0 Å². The van der Waals surface area contributed by atoms with E-state index in [2.05, 4.69) is 96.8 Å². The summed E-state index contributed by atoms with van der Waals surface area (Å²) >= 11 is 0. The molecule has 27 heavy (non-hydrogen) atoms. The third-order valence-corrected chi connectivity index (χ3v) is 15.9. The number of nitrogens with zero attached hydrogens (tertiary/aromatic N) is 1. The normalized spacial score (nSPS) is 13.0. The lowest BCUT2D eigenvalue weighted by atomic mass is 10.3. The fourth-order valence-corrected chi connectivity index (χ4v) is 14.6. The summed E-state index contributed by atoms with van der Waals surface area (Å²) in [5.74, 6) is 0. The van der Waals surface area contributed by atoms with Crippen LogP contribution in [0.15, 0.2) is 30.3 Å². The van der Waals surface area contributed by atoms with E-state index in [1.54, 1.807) is 0 Å². The third kappa shape index (κ3) is 5.69. The van der Waals surface area contributed by atoms with Gasteiger partial charge in [-0.1, -0.05) is 59.7 Å². The fourth-order valence-electron chi connectivity index (χ4n) is 5.20.